The molecule has 27 heavy (non-hydrogen) atoms. The molecule has 3 aromatic rings. The number of aromatic nitrogens is 3. The monoisotopic (exact) mass is 360 g/mol. The molecule has 2 aromatic carbocycles. The van der Waals surface area contributed by atoms with Crippen molar-refractivity contribution in [3.8, 4) is 23.5 Å². The van der Waals surface area contributed by atoms with Crippen molar-refractivity contribution in [2.45, 2.75) is 0 Å². The molecule has 6 heteroatoms. The maximum absolute atomic E-state index is 5.78. The standard InChI is InChI=1S/C21H20N4O2/c1-3-15-25(16-4-2)19-22-20(26-17-11-7-5-8-12-17)24-21(23-19)27-18-13-9-6-10-14-18/h3-14H,1-2,15-16H2. The van der Waals surface area contributed by atoms with Crippen molar-refractivity contribution in [1.82, 2.24) is 15.0 Å². The zero-order chi connectivity index (χ0) is 18.9. The van der Waals surface area contributed by atoms with Crippen LogP contribution < -0.4 is 14.4 Å². The summed E-state index contributed by atoms with van der Waals surface area (Å²) in [6, 6.07) is 18.9. The number of nitrogens with zero attached hydrogens (tertiary/aromatic N) is 4. The first-order chi connectivity index (χ1) is 13.3. The minimum absolute atomic E-state index is 0.148. The second-order valence-corrected chi connectivity index (χ2v) is 5.51. The van der Waals surface area contributed by atoms with Crippen molar-refractivity contribution in [2.75, 3.05) is 18.0 Å². The van der Waals surface area contributed by atoms with Crippen LogP contribution in [0.3, 0.4) is 0 Å². The molecule has 1 aromatic heterocycles. The molecule has 3 rings (SSSR count). The number of benzene rings is 2. The Morgan fingerprint density at radius 2 is 1.15 bits per heavy atom. The van der Waals surface area contributed by atoms with Crippen molar-refractivity contribution in [3.05, 3.63) is 86.0 Å². The Kier molecular flexibility index (Phi) is 6.14. The summed E-state index contributed by atoms with van der Waals surface area (Å²) in [5.74, 6) is 1.67. The molecule has 1 heterocycles. The van der Waals surface area contributed by atoms with Crippen molar-refractivity contribution in [3.63, 3.8) is 0 Å². The van der Waals surface area contributed by atoms with Crippen LogP contribution in [0.4, 0.5) is 5.95 Å². The number of ether oxygens (including phenoxy) is 2. The molecule has 0 N–H and O–H groups in total. The predicted molar refractivity (Wildman–Crippen MR) is 105 cm³/mol. The SMILES string of the molecule is C=CCN(CC=C)c1nc(Oc2ccccc2)nc(Oc2ccccc2)n1. The largest absolute Gasteiger partial charge is 0.424 e. The summed E-state index contributed by atoms with van der Waals surface area (Å²) < 4.78 is 11.6. The maximum atomic E-state index is 5.78. The minimum Gasteiger partial charge on any atom is -0.424 e. The van der Waals surface area contributed by atoms with Gasteiger partial charge in [-0.2, -0.15) is 9.97 Å². The molecule has 0 spiro atoms. The summed E-state index contributed by atoms with van der Waals surface area (Å²) in [5.41, 5.74) is 0. The normalized spacial score (nSPS) is 10.1. The molecule has 6 nitrogen and oxygen atoms in total. The van der Waals surface area contributed by atoms with E-state index in [2.05, 4.69) is 28.1 Å². The summed E-state index contributed by atoms with van der Waals surface area (Å²) in [6.45, 7) is 8.65. The molecule has 136 valence electrons. The highest BCUT2D eigenvalue weighted by molar-refractivity contribution is 5.36. The third kappa shape index (κ3) is 5.15. The van der Waals surface area contributed by atoms with Gasteiger partial charge in [0.2, 0.25) is 5.95 Å². The van der Waals surface area contributed by atoms with Gasteiger partial charge in [-0.25, -0.2) is 0 Å². The topological polar surface area (TPSA) is 60.4 Å². The molecule has 0 aliphatic heterocycles. The van der Waals surface area contributed by atoms with E-state index in [4.69, 9.17) is 9.47 Å². The highest BCUT2D eigenvalue weighted by Crippen LogP contribution is 2.24. The first-order valence-corrected chi connectivity index (χ1v) is 8.47. The van der Waals surface area contributed by atoms with Crippen LogP contribution in [0.5, 0.6) is 23.5 Å². The summed E-state index contributed by atoms with van der Waals surface area (Å²) in [5, 5.41) is 0. The Balaban J connectivity index is 1.95. The third-order valence-corrected chi connectivity index (χ3v) is 3.47. The van der Waals surface area contributed by atoms with E-state index in [0.29, 0.717) is 30.5 Å². The Labute approximate surface area is 158 Å². The van der Waals surface area contributed by atoms with Gasteiger partial charge in [0.25, 0.3) is 0 Å². The van der Waals surface area contributed by atoms with E-state index in [0.717, 1.165) is 0 Å². The second-order valence-electron chi connectivity index (χ2n) is 5.51. The van der Waals surface area contributed by atoms with Crippen molar-refractivity contribution in [1.29, 1.82) is 0 Å². The minimum atomic E-state index is 0.148. The molecular formula is C21H20N4O2. The molecule has 0 fully saturated rings. The summed E-state index contributed by atoms with van der Waals surface area (Å²) in [6.07, 6.45) is 3.53. The molecule has 0 atom stereocenters. The lowest BCUT2D eigenvalue weighted by atomic mass is 10.3. The zero-order valence-corrected chi connectivity index (χ0v) is 14.9. The first-order valence-electron chi connectivity index (χ1n) is 8.47. The number of para-hydroxylation sites is 2. The van der Waals surface area contributed by atoms with Crippen LogP contribution >= 0.6 is 0 Å². The van der Waals surface area contributed by atoms with E-state index in [1.54, 1.807) is 12.2 Å². The van der Waals surface area contributed by atoms with Gasteiger partial charge in [-0.05, 0) is 24.3 Å². The van der Waals surface area contributed by atoms with Gasteiger partial charge >= 0.3 is 12.0 Å². The lowest BCUT2D eigenvalue weighted by molar-refractivity contribution is 0.397. The fourth-order valence-corrected chi connectivity index (χ4v) is 2.30. The predicted octanol–water partition coefficient (Wildman–Crippen LogP) is 4.63. The smallest absolute Gasteiger partial charge is 0.330 e. The van der Waals surface area contributed by atoms with Crippen LogP contribution in [-0.2, 0) is 0 Å². The number of anilines is 1. The van der Waals surface area contributed by atoms with Crippen LogP contribution in [0.1, 0.15) is 0 Å². The molecule has 0 saturated carbocycles. The van der Waals surface area contributed by atoms with E-state index >= 15 is 0 Å². The molecule has 0 radical (unpaired) electrons. The Hall–Kier alpha value is -3.67. The molecule has 0 saturated heterocycles. The highest BCUT2D eigenvalue weighted by Gasteiger charge is 2.15. The molecule has 0 bridgehead atoms. The summed E-state index contributed by atoms with van der Waals surface area (Å²) >= 11 is 0. The van der Waals surface area contributed by atoms with E-state index in [9.17, 15) is 0 Å². The molecule has 0 aliphatic rings. The Bertz CT molecular complexity index is 815. The molecule has 0 unspecified atom stereocenters. The molecule has 0 aliphatic carbocycles. The quantitative estimate of drug-likeness (QED) is 0.518. The number of hydrogen-bond acceptors (Lipinski definition) is 6. The van der Waals surface area contributed by atoms with Crippen LogP contribution in [0, 0.1) is 0 Å². The lowest BCUT2D eigenvalue weighted by Crippen LogP contribution is -2.25. The van der Waals surface area contributed by atoms with Gasteiger partial charge in [-0.15, -0.1) is 18.1 Å². The average molecular weight is 360 g/mol. The van der Waals surface area contributed by atoms with Crippen molar-refractivity contribution < 1.29 is 9.47 Å². The first kappa shape index (κ1) is 18.1. The Morgan fingerprint density at radius 3 is 1.56 bits per heavy atom. The summed E-state index contributed by atoms with van der Waals surface area (Å²) in [4.78, 5) is 15.0. The fraction of sp³-hybridized carbons (Fsp3) is 0.0952. The van der Waals surface area contributed by atoms with Crippen molar-refractivity contribution >= 4 is 5.95 Å². The third-order valence-electron chi connectivity index (χ3n) is 3.47. The Morgan fingerprint density at radius 1 is 0.704 bits per heavy atom. The van der Waals surface area contributed by atoms with Gasteiger partial charge in [-0.1, -0.05) is 48.6 Å². The van der Waals surface area contributed by atoms with E-state index in [1.807, 2.05) is 65.6 Å². The molecular weight excluding hydrogens is 340 g/mol. The van der Waals surface area contributed by atoms with Crippen LogP contribution in [-0.4, -0.2) is 28.0 Å². The number of hydrogen-bond donors (Lipinski definition) is 0. The zero-order valence-electron chi connectivity index (χ0n) is 14.9. The van der Waals surface area contributed by atoms with Crippen LogP contribution in [0.15, 0.2) is 86.0 Å². The van der Waals surface area contributed by atoms with Gasteiger partial charge in [0.15, 0.2) is 0 Å². The van der Waals surface area contributed by atoms with Crippen LogP contribution in [0.25, 0.3) is 0 Å². The maximum Gasteiger partial charge on any atom is 0.330 e. The van der Waals surface area contributed by atoms with Gasteiger partial charge < -0.3 is 14.4 Å². The van der Waals surface area contributed by atoms with E-state index in [-0.39, 0.29) is 12.0 Å². The highest BCUT2D eigenvalue weighted by atomic mass is 16.5. The van der Waals surface area contributed by atoms with Crippen molar-refractivity contribution in [2.24, 2.45) is 0 Å². The van der Waals surface area contributed by atoms with Gasteiger partial charge in [-0.3, -0.25) is 0 Å². The second kappa shape index (κ2) is 9.15. The average Bonchev–Trinajstić information content (AvgIpc) is 2.69. The van der Waals surface area contributed by atoms with E-state index < -0.39 is 0 Å². The van der Waals surface area contributed by atoms with Gasteiger partial charge in [0.05, 0.1) is 0 Å². The van der Waals surface area contributed by atoms with Gasteiger partial charge in [0.1, 0.15) is 11.5 Å². The van der Waals surface area contributed by atoms with E-state index in [1.165, 1.54) is 0 Å². The fourth-order valence-electron chi connectivity index (χ4n) is 2.30. The molecule has 0 amide bonds. The van der Waals surface area contributed by atoms with Gasteiger partial charge in [0, 0.05) is 13.1 Å². The summed E-state index contributed by atoms with van der Waals surface area (Å²) in [7, 11) is 0. The number of rotatable bonds is 9. The lowest BCUT2D eigenvalue weighted by Gasteiger charge is -2.19. The van der Waals surface area contributed by atoms with Crippen LogP contribution in [0.2, 0.25) is 0 Å².